The van der Waals surface area contributed by atoms with Gasteiger partial charge < -0.3 is 9.53 Å². The molecule has 0 aliphatic carbocycles. The molecular formula is C12H23NO2. The average molecular weight is 213 g/mol. The van der Waals surface area contributed by atoms with Gasteiger partial charge in [0.15, 0.2) is 6.29 Å². The maximum Gasteiger partial charge on any atom is 0.151 e. The molecule has 0 unspecified atom stereocenters. The molecule has 0 aromatic rings. The van der Waals surface area contributed by atoms with Gasteiger partial charge in [-0.15, -0.1) is 0 Å². The van der Waals surface area contributed by atoms with E-state index in [9.17, 15) is 4.79 Å². The SMILES string of the molecule is CCOC1(C=O)CCN(C(C)(C)C)CC1. The van der Waals surface area contributed by atoms with Crippen LogP contribution in [-0.2, 0) is 9.53 Å². The number of likely N-dealkylation sites (tertiary alicyclic amines) is 1. The second-order valence-electron chi connectivity index (χ2n) is 5.27. The topological polar surface area (TPSA) is 29.5 Å². The van der Waals surface area contributed by atoms with Crippen molar-refractivity contribution in [2.75, 3.05) is 19.7 Å². The summed E-state index contributed by atoms with van der Waals surface area (Å²) in [5.74, 6) is 0. The molecule has 0 aromatic carbocycles. The van der Waals surface area contributed by atoms with Gasteiger partial charge >= 0.3 is 0 Å². The van der Waals surface area contributed by atoms with Crippen molar-refractivity contribution < 1.29 is 9.53 Å². The lowest BCUT2D eigenvalue weighted by Crippen LogP contribution is -2.53. The molecule has 3 heteroatoms. The van der Waals surface area contributed by atoms with Crippen LogP contribution in [0.2, 0.25) is 0 Å². The fraction of sp³-hybridized carbons (Fsp3) is 0.917. The number of carbonyl (C=O) groups is 1. The second-order valence-corrected chi connectivity index (χ2v) is 5.27. The molecule has 88 valence electrons. The molecule has 1 saturated heterocycles. The molecule has 15 heavy (non-hydrogen) atoms. The molecule has 3 nitrogen and oxygen atoms in total. The first-order chi connectivity index (χ1) is 6.93. The molecule has 0 N–H and O–H groups in total. The van der Waals surface area contributed by atoms with Gasteiger partial charge in [0.05, 0.1) is 0 Å². The minimum atomic E-state index is -0.503. The predicted molar refractivity (Wildman–Crippen MR) is 61.0 cm³/mol. The smallest absolute Gasteiger partial charge is 0.151 e. The van der Waals surface area contributed by atoms with Crippen molar-refractivity contribution in [1.82, 2.24) is 4.90 Å². The molecule has 1 fully saturated rings. The van der Waals surface area contributed by atoms with Crippen LogP contribution in [0.25, 0.3) is 0 Å². The van der Waals surface area contributed by atoms with Crippen LogP contribution in [0.4, 0.5) is 0 Å². The fourth-order valence-electron chi connectivity index (χ4n) is 2.14. The van der Waals surface area contributed by atoms with Gasteiger partial charge in [-0.1, -0.05) is 0 Å². The third kappa shape index (κ3) is 3.02. The van der Waals surface area contributed by atoms with Crippen molar-refractivity contribution in [3.05, 3.63) is 0 Å². The van der Waals surface area contributed by atoms with E-state index in [-0.39, 0.29) is 5.54 Å². The Balaban J connectivity index is 2.57. The zero-order valence-corrected chi connectivity index (χ0v) is 10.4. The van der Waals surface area contributed by atoms with E-state index in [1.54, 1.807) is 0 Å². The van der Waals surface area contributed by atoms with Crippen molar-refractivity contribution in [2.24, 2.45) is 0 Å². The lowest BCUT2D eigenvalue weighted by molar-refractivity contribution is -0.139. The average Bonchev–Trinajstić information content (AvgIpc) is 2.17. The van der Waals surface area contributed by atoms with Crippen molar-refractivity contribution in [2.45, 2.75) is 51.7 Å². The van der Waals surface area contributed by atoms with Crippen molar-refractivity contribution in [3.8, 4) is 0 Å². The normalized spacial score (nSPS) is 22.7. The summed E-state index contributed by atoms with van der Waals surface area (Å²) in [6.07, 6.45) is 2.64. The predicted octanol–water partition coefficient (Wildman–Crippen LogP) is 1.85. The van der Waals surface area contributed by atoms with E-state index in [1.165, 1.54) is 0 Å². The van der Waals surface area contributed by atoms with Gasteiger partial charge in [-0.2, -0.15) is 0 Å². The number of nitrogens with zero attached hydrogens (tertiary/aromatic N) is 1. The third-order valence-corrected chi connectivity index (χ3v) is 3.21. The molecule has 0 radical (unpaired) electrons. The van der Waals surface area contributed by atoms with Gasteiger partial charge in [0.1, 0.15) is 5.60 Å². The Labute approximate surface area is 92.8 Å². The van der Waals surface area contributed by atoms with Crippen LogP contribution in [0.1, 0.15) is 40.5 Å². The van der Waals surface area contributed by atoms with Gasteiger partial charge in [-0.25, -0.2) is 0 Å². The summed E-state index contributed by atoms with van der Waals surface area (Å²) in [5.41, 5.74) is -0.308. The quantitative estimate of drug-likeness (QED) is 0.670. The molecule has 0 aromatic heterocycles. The Morgan fingerprint density at radius 2 is 1.87 bits per heavy atom. The van der Waals surface area contributed by atoms with Crippen LogP contribution in [0.3, 0.4) is 0 Å². The zero-order valence-electron chi connectivity index (χ0n) is 10.4. The van der Waals surface area contributed by atoms with Crippen LogP contribution in [0.5, 0.6) is 0 Å². The Bertz CT molecular complexity index is 212. The molecule has 1 rings (SSSR count). The van der Waals surface area contributed by atoms with E-state index in [0.29, 0.717) is 6.61 Å². The summed E-state index contributed by atoms with van der Waals surface area (Å²) in [7, 11) is 0. The minimum Gasteiger partial charge on any atom is -0.368 e. The third-order valence-electron chi connectivity index (χ3n) is 3.21. The van der Waals surface area contributed by atoms with Crippen LogP contribution >= 0.6 is 0 Å². The van der Waals surface area contributed by atoms with E-state index < -0.39 is 5.60 Å². The van der Waals surface area contributed by atoms with Crippen LogP contribution in [-0.4, -0.2) is 42.0 Å². The monoisotopic (exact) mass is 213 g/mol. The fourth-order valence-corrected chi connectivity index (χ4v) is 2.14. The number of carbonyl (C=O) groups excluding carboxylic acids is 1. The highest BCUT2D eigenvalue weighted by Gasteiger charge is 2.37. The largest absolute Gasteiger partial charge is 0.368 e. The number of piperidine rings is 1. The molecule has 1 aliphatic heterocycles. The summed E-state index contributed by atoms with van der Waals surface area (Å²) in [5, 5.41) is 0. The first-order valence-corrected chi connectivity index (χ1v) is 5.79. The number of hydrogen-bond acceptors (Lipinski definition) is 3. The number of ether oxygens (including phenoxy) is 1. The summed E-state index contributed by atoms with van der Waals surface area (Å²) in [6, 6.07) is 0. The minimum absolute atomic E-state index is 0.196. The summed E-state index contributed by atoms with van der Waals surface area (Å²) in [4.78, 5) is 13.5. The maximum atomic E-state index is 11.1. The number of aldehydes is 1. The highest BCUT2D eigenvalue weighted by Crippen LogP contribution is 2.28. The van der Waals surface area contributed by atoms with E-state index in [1.807, 2.05) is 6.92 Å². The van der Waals surface area contributed by atoms with Crippen molar-refractivity contribution >= 4 is 6.29 Å². The Morgan fingerprint density at radius 3 is 2.20 bits per heavy atom. The van der Waals surface area contributed by atoms with E-state index in [0.717, 1.165) is 32.2 Å². The number of rotatable bonds is 3. The standard InChI is InChI=1S/C12H23NO2/c1-5-15-12(10-14)6-8-13(9-7-12)11(2,3)4/h10H,5-9H2,1-4H3. The van der Waals surface area contributed by atoms with Gasteiger partial charge in [-0.05, 0) is 40.5 Å². The van der Waals surface area contributed by atoms with Gasteiger partial charge in [0, 0.05) is 25.2 Å². The lowest BCUT2D eigenvalue weighted by Gasteiger charge is -2.44. The van der Waals surface area contributed by atoms with E-state index >= 15 is 0 Å². The Kier molecular flexibility index (Phi) is 3.90. The number of hydrogen-bond donors (Lipinski definition) is 0. The van der Waals surface area contributed by atoms with E-state index in [4.69, 9.17) is 4.74 Å². The first kappa shape index (κ1) is 12.7. The molecule has 0 amide bonds. The molecular weight excluding hydrogens is 190 g/mol. The first-order valence-electron chi connectivity index (χ1n) is 5.79. The lowest BCUT2D eigenvalue weighted by atomic mass is 9.90. The Hall–Kier alpha value is -0.410. The van der Waals surface area contributed by atoms with Crippen molar-refractivity contribution in [1.29, 1.82) is 0 Å². The second kappa shape index (κ2) is 4.62. The maximum absolute atomic E-state index is 11.1. The van der Waals surface area contributed by atoms with Crippen molar-refractivity contribution in [3.63, 3.8) is 0 Å². The van der Waals surface area contributed by atoms with E-state index in [2.05, 4.69) is 25.7 Å². The molecule has 0 saturated carbocycles. The summed E-state index contributed by atoms with van der Waals surface area (Å²) in [6.45, 7) is 11.1. The van der Waals surface area contributed by atoms with Gasteiger partial charge in [-0.3, -0.25) is 4.90 Å². The van der Waals surface area contributed by atoms with Gasteiger partial charge in [0.2, 0.25) is 0 Å². The van der Waals surface area contributed by atoms with Crippen LogP contribution in [0.15, 0.2) is 0 Å². The molecule has 0 atom stereocenters. The molecule has 1 aliphatic rings. The highest BCUT2D eigenvalue weighted by molar-refractivity contribution is 5.62. The summed E-state index contributed by atoms with van der Waals surface area (Å²) >= 11 is 0. The highest BCUT2D eigenvalue weighted by atomic mass is 16.5. The molecule has 0 bridgehead atoms. The van der Waals surface area contributed by atoms with Crippen LogP contribution < -0.4 is 0 Å². The summed E-state index contributed by atoms with van der Waals surface area (Å²) < 4.78 is 5.59. The zero-order chi connectivity index (χ0) is 11.5. The van der Waals surface area contributed by atoms with Gasteiger partial charge in [0.25, 0.3) is 0 Å². The molecule has 0 spiro atoms. The Morgan fingerprint density at radius 1 is 1.33 bits per heavy atom. The van der Waals surface area contributed by atoms with Crippen LogP contribution in [0, 0.1) is 0 Å². The molecule has 1 heterocycles.